The molecule has 1 aromatic heterocycles. The molecule has 0 fully saturated rings. The van der Waals surface area contributed by atoms with Crippen LogP contribution < -0.4 is 5.32 Å². The van der Waals surface area contributed by atoms with E-state index in [1.807, 2.05) is 5.38 Å². The van der Waals surface area contributed by atoms with Crippen LogP contribution in [-0.4, -0.2) is 22.0 Å². The molecule has 1 aromatic rings. The van der Waals surface area contributed by atoms with E-state index < -0.39 is 5.97 Å². The summed E-state index contributed by atoms with van der Waals surface area (Å²) in [7, 11) is 0. The highest BCUT2D eigenvalue weighted by molar-refractivity contribution is 7.13. The van der Waals surface area contributed by atoms with E-state index >= 15 is 0 Å². The van der Waals surface area contributed by atoms with Crippen LogP contribution in [0.1, 0.15) is 37.8 Å². The third-order valence-corrected chi connectivity index (χ3v) is 3.99. The molecule has 0 saturated heterocycles. The third-order valence-electron chi connectivity index (χ3n) is 3.18. The van der Waals surface area contributed by atoms with Crippen molar-refractivity contribution in [1.29, 1.82) is 0 Å². The highest BCUT2D eigenvalue weighted by atomic mass is 32.1. The normalized spacial score (nSPS) is 17.3. The largest absolute Gasteiger partial charge is 0.481 e. The van der Waals surface area contributed by atoms with Gasteiger partial charge in [0.2, 0.25) is 5.91 Å². The van der Waals surface area contributed by atoms with Crippen LogP contribution in [0.25, 0.3) is 0 Å². The Balaban J connectivity index is 1.75. The molecule has 1 aliphatic carbocycles. The molecule has 5 nitrogen and oxygen atoms in total. The molecule has 20 heavy (non-hydrogen) atoms. The second-order valence-corrected chi connectivity index (χ2v) is 5.77. The van der Waals surface area contributed by atoms with E-state index in [-0.39, 0.29) is 12.3 Å². The number of rotatable bonds is 7. The van der Waals surface area contributed by atoms with Crippen molar-refractivity contribution in [2.75, 3.05) is 5.32 Å². The molecule has 0 saturated carbocycles. The Kier molecular flexibility index (Phi) is 5.29. The number of hydrogen-bond acceptors (Lipinski definition) is 4. The van der Waals surface area contributed by atoms with Gasteiger partial charge in [0.15, 0.2) is 5.13 Å². The number of nitrogens with one attached hydrogen (secondary N) is 1. The minimum absolute atomic E-state index is 0.00649. The summed E-state index contributed by atoms with van der Waals surface area (Å²) in [6, 6.07) is 0. The third kappa shape index (κ3) is 4.77. The van der Waals surface area contributed by atoms with Gasteiger partial charge in [-0.1, -0.05) is 12.2 Å². The van der Waals surface area contributed by atoms with Crippen molar-refractivity contribution in [3.05, 3.63) is 23.2 Å². The molecule has 1 aliphatic rings. The number of aromatic nitrogens is 1. The lowest BCUT2D eigenvalue weighted by Gasteiger charge is -2.06. The molecule has 108 valence electrons. The number of carboxylic acid groups (broad SMARTS) is 1. The first-order chi connectivity index (χ1) is 9.63. The Morgan fingerprint density at radius 3 is 3.05 bits per heavy atom. The van der Waals surface area contributed by atoms with E-state index in [0.717, 1.165) is 18.5 Å². The van der Waals surface area contributed by atoms with Gasteiger partial charge in [-0.2, -0.15) is 0 Å². The van der Waals surface area contributed by atoms with E-state index in [0.29, 0.717) is 30.3 Å². The molecule has 6 heteroatoms. The highest BCUT2D eigenvalue weighted by Gasteiger charge is 2.15. The van der Waals surface area contributed by atoms with Gasteiger partial charge >= 0.3 is 5.97 Å². The standard InChI is InChI=1S/C14H18N2O3S/c17-12(8-10-4-1-2-5-10)16-14-15-11(9-20-14)6-3-7-13(18)19/h1,4,9-10H,2-3,5-8H2,(H,18,19)(H,15,16,17). The predicted molar refractivity (Wildman–Crippen MR) is 77.8 cm³/mol. The van der Waals surface area contributed by atoms with E-state index in [1.54, 1.807) is 0 Å². The number of amides is 1. The van der Waals surface area contributed by atoms with Gasteiger partial charge in [0, 0.05) is 18.2 Å². The Hall–Kier alpha value is -1.69. The maximum atomic E-state index is 11.8. The quantitative estimate of drug-likeness (QED) is 0.758. The van der Waals surface area contributed by atoms with Crippen molar-refractivity contribution in [3.63, 3.8) is 0 Å². The number of anilines is 1. The number of aryl methyl sites for hydroxylation is 1. The van der Waals surface area contributed by atoms with Crippen LogP contribution in [0.3, 0.4) is 0 Å². The SMILES string of the molecule is O=C(O)CCCc1csc(NC(=O)CC2C=CCC2)n1. The Morgan fingerprint density at radius 2 is 2.35 bits per heavy atom. The summed E-state index contributed by atoms with van der Waals surface area (Å²) in [5.74, 6) is -0.448. The number of carboxylic acids is 1. The number of hydrogen-bond donors (Lipinski definition) is 2. The fraction of sp³-hybridized carbons (Fsp3) is 0.500. The number of allylic oxidation sites excluding steroid dienone is 2. The van der Waals surface area contributed by atoms with Crippen LogP contribution in [0.15, 0.2) is 17.5 Å². The number of nitrogens with zero attached hydrogens (tertiary/aromatic N) is 1. The molecule has 0 aliphatic heterocycles. The zero-order valence-corrected chi connectivity index (χ0v) is 12.0. The minimum Gasteiger partial charge on any atom is -0.481 e. The zero-order valence-electron chi connectivity index (χ0n) is 11.2. The minimum atomic E-state index is -0.793. The summed E-state index contributed by atoms with van der Waals surface area (Å²) >= 11 is 1.39. The molecule has 2 N–H and O–H groups in total. The number of carbonyl (C=O) groups excluding carboxylic acids is 1. The Morgan fingerprint density at radius 1 is 1.50 bits per heavy atom. The van der Waals surface area contributed by atoms with Crippen molar-refractivity contribution >= 4 is 28.3 Å². The molecule has 2 rings (SSSR count). The van der Waals surface area contributed by atoms with Crippen molar-refractivity contribution in [2.45, 2.75) is 38.5 Å². The lowest BCUT2D eigenvalue weighted by Crippen LogP contribution is -2.14. The summed E-state index contributed by atoms with van der Waals surface area (Å²) in [6.07, 6.45) is 8.16. The first-order valence-electron chi connectivity index (χ1n) is 6.76. The van der Waals surface area contributed by atoms with Gasteiger partial charge in [-0.3, -0.25) is 9.59 Å². The highest BCUT2D eigenvalue weighted by Crippen LogP contribution is 2.22. The zero-order chi connectivity index (χ0) is 14.4. The van der Waals surface area contributed by atoms with Gasteiger partial charge in [-0.15, -0.1) is 11.3 Å². The molecule has 1 atom stereocenters. The topological polar surface area (TPSA) is 79.3 Å². The molecule has 1 heterocycles. The summed E-state index contributed by atoms with van der Waals surface area (Å²) in [5.41, 5.74) is 0.840. The van der Waals surface area contributed by atoms with Crippen molar-refractivity contribution in [3.8, 4) is 0 Å². The molecule has 1 unspecified atom stereocenters. The van der Waals surface area contributed by atoms with E-state index in [1.165, 1.54) is 11.3 Å². The molecule has 0 aromatic carbocycles. The second kappa shape index (κ2) is 7.19. The van der Waals surface area contributed by atoms with Crippen LogP contribution >= 0.6 is 11.3 Å². The predicted octanol–water partition coefficient (Wildman–Crippen LogP) is 2.85. The Bertz CT molecular complexity index is 510. The van der Waals surface area contributed by atoms with Gasteiger partial charge in [0.25, 0.3) is 0 Å². The monoisotopic (exact) mass is 294 g/mol. The van der Waals surface area contributed by atoms with Gasteiger partial charge < -0.3 is 10.4 Å². The Labute approximate surface area is 121 Å². The van der Waals surface area contributed by atoms with Gasteiger partial charge in [-0.25, -0.2) is 4.98 Å². The van der Waals surface area contributed by atoms with Crippen LogP contribution in [-0.2, 0) is 16.0 Å². The fourth-order valence-electron chi connectivity index (χ4n) is 2.17. The maximum Gasteiger partial charge on any atom is 0.303 e. The van der Waals surface area contributed by atoms with E-state index in [4.69, 9.17) is 5.11 Å². The summed E-state index contributed by atoms with van der Waals surface area (Å²) in [4.78, 5) is 26.5. The molecule has 1 amide bonds. The second-order valence-electron chi connectivity index (χ2n) is 4.91. The van der Waals surface area contributed by atoms with Crippen molar-refractivity contribution in [2.24, 2.45) is 5.92 Å². The van der Waals surface area contributed by atoms with Gasteiger partial charge in [0.05, 0.1) is 5.69 Å². The molecule has 0 spiro atoms. The van der Waals surface area contributed by atoms with Crippen LogP contribution in [0.5, 0.6) is 0 Å². The number of aliphatic carboxylic acids is 1. The van der Waals surface area contributed by atoms with Gasteiger partial charge in [-0.05, 0) is 31.6 Å². The molecule has 0 bridgehead atoms. The summed E-state index contributed by atoms with van der Waals surface area (Å²) in [6.45, 7) is 0. The smallest absolute Gasteiger partial charge is 0.303 e. The molecular formula is C14H18N2O3S. The van der Waals surface area contributed by atoms with Crippen molar-refractivity contribution in [1.82, 2.24) is 4.98 Å². The molecule has 0 radical (unpaired) electrons. The maximum absolute atomic E-state index is 11.8. The van der Waals surface area contributed by atoms with E-state index in [9.17, 15) is 9.59 Å². The average molecular weight is 294 g/mol. The summed E-state index contributed by atoms with van der Waals surface area (Å²) in [5, 5.41) is 13.8. The fourth-order valence-corrected chi connectivity index (χ4v) is 2.93. The lowest BCUT2D eigenvalue weighted by atomic mass is 10.1. The average Bonchev–Trinajstić information content (AvgIpc) is 3.01. The number of carbonyl (C=O) groups is 2. The summed E-state index contributed by atoms with van der Waals surface area (Å²) < 4.78 is 0. The lowest BCUT2D eigenvalue weighted by molar-refractivity contribution is -0.137. The first kappa shape index (κ1) is 14.7. The molecular weight excluding hydrogens is 276 g/mol. The first-order valence-corrected chi connectivity index (χ1v) is 7.64. The number of thiazole rings is 1. The van der Waals surface area contributed by atoms with Crippen molar-refractivity contribution < 1.29 is 14.7 Å². The van der Waals surface area contributed by atoms with Gasteiger partial charge in [0.1, 0.15) is 0 Å². The van der Waals surface area contributed by atoms with Crippen LogP contribution in [0, 0.1) is 5.92 Å². The van der Waals surface area contributed by atoms with Crippen LogP contribution in [0.2, 0.25) is 0 Å². The van der Waals surface area contributed by atoms with E-state index in [2.05, 4.69) is 22.5 Å². The van der Waals surface area contributed by atoms with Crippen LogP contribution in [0.4, 0.5) is 5.13 Å².